The van der Waals surface area contributed by atoms with Gasteiger partial charge in [-0.2, -0.15) is 15.4 Å². The number of hydrogen-bond donors (Lipinski definition) is 2. The van der Waals surface area contributed by atoms with Crippen molar-refractivity contribution >= 4 is 5.91 Å². The maximum atomic E-state index is 13.3. The molecular formula is C16H13FN4O. The number of aryl methyl sites for hydroxylation is 1. The van der Waals surface area contributed by atoms with Crippen LogP contribution in [-0.4, -0.2) is 21.3 Å². The number of H-pyrrole nitrogens is 1. The van der Waals surface area contributed by atoms with Crippen LogP contribution in [0.5, 0.6) is 0 Å². The van der Waals surface area contributed by atoms with Crippen molar-refractivity contribution in [2.75, 3.05) is 0 Å². The molecule has 0 radical (unpaired) electrons. The Kier molecular flexibility index (Phi) is 3.42. The molecule has 0 aliphatic rings. The summed E-state index contributed by atoms with van der Waals surface area (Å²) in [5.41, 5.74) is 8.94. The Morgan fingerprint density at radius 2 is 1.68 bits per heavy atom. The van der Waals surface area contributed by atoms with E-state index in [1.165, 1.54) is 6.07 Å². The van der Waals surface area contributed by atoms with E-state index in [2.05, 4.69) is 15.4 Å². The predicted molar refractivity (Wildman–Crippen MR) is 80.5 cm³/mol. The maximum absolute atomic E-state index is 13.3. The van der Waals surface area contributed by atoms with Crippen LogP contribution < -0.4 is 5.73 Å². The third kappa shape index (κ3) is 2.46. The Labute approximate surface area is 126 Å². The average molecular weight is 296 g/mol. The lowest BCUT2D eigenvalue weighted by atomic mass is 10.0. The highest BCUT2D eigenvalue weighted by molar-refractivity contribution is 5.96. The number of nitrogens with one attached hydrogen (secondary N) is 1. The second-order valence-electron chi connectivity index (χ2n) is 4.93. The lowest BCUT2D eigenvalue weighted by molar-refractivity contribution is 0.0996. The van der Waals surface area contributed by atoms with Crippen LogP contribution in [0.1, 0.15) is 16.1 Å². The van der Waals surface area contributed by atoms with Gasteiger partial charge in [0.1, 0.15) is 11.5 Å². The van der Waals surface area contributed by atoms with E-state index in [0.717, 1.165) is 16.7 Å². The van der Waals surface area contributed by atoms with Crippen molar-refractivity contribution in [2.45, 2.75) is 6.92 Å². The minimum atomic E-state index is -0.637. The molecule has 0 spiro atoms. The molecule has 0 saturated carbocycles. The van der Waals surface area contributed by atoms with Gasteiger partial charge in [-0.25, -0.2) is 4.39 Å². The van der Waals surface area contributed by atoms with E-state index < -0.39 is 5.91 Å². The zero-order valence-corrected chi connectivity index (χ0v) is 11.8. The first-order valence-electron chi connectivity index (χ1n) is 6.64. The summed E-state index contributed by atoms with van der Waals surface area (Å²) in [5.74, 6) is -0.865. The molecule has 110 valence electrons. The molecule has 2 aromatic carbocycles. The van der Waals surface area contributed by atoms with Gasteiger partial charge in [-0.15, -0.1) is 0 Å². The van der Waals surface area contributed by atoms with Crippen LogP contribution in [0.4, 0.5) is 4.39 Å². The van der Waals surface area contributed by atoms with Crippen molar-refractivity contribution in [3.05, 3.63) is 59.5 Å². The first-order chi connectivity index (χ1) is 10.6. The summed E-state index contributed by atoms with van der Waals surface area (Å²) in [6.45, 7) is 1.72. The summed E-state index contributed by atoms with van der Waals surface area (Å²) in [4.78, 5) is 11.3. The van der Waals surface area contributed by atoms with Crippen molar-refractivity contribution in [3.8, 4) is 22.4 Å². The second-order valence-corrected chi connectivity index (χ2v) is 4.93. The zero-order valence-electron chi connectivity index (χ0n) is 11.8. The van der Waals surface area contributed by atoms with Crippen LogP contribution in [-0.2, 0) is 0 Å². The minimum Gasteiger partial charge on any atom is -0.364 e. The number of carbonyl (C=O) groups is 1. The molecule has 0 aliphatic carbocycles. The number of amides is 1. The van der Waals surface area contributed by atoms with E-state index >= 15 is 0 Å². The largest absolute Gasteiger partial charge is 0.364 e. The summed E-state index contributed by atoms with van der Waals surface area (Å²) in [6, 6.07) is 12.3. The van der Waals surface area contributed by atoms with E-state index in [1.807, 2.05) is 24.3 Å². The second kappa shape index (κ2) is 5.40. The lowest BCUT2D eigenvalue weighted by Crippen LogP contribution is -2.12. The number of rotatable bonds is 3. The Hall–Kier alpha value is -3.02. The van der Waals surface area contributed by atoms with Crippen LogP contribution in [0.2, 0.25) is 0 Å². The number of aromatic amines is 1. The summed E-state index contributed by atoms with van der Waals surface area (Å²) < 4.78 is 13.3. The van der Waals surface area contributed by atoms with Crippen molar-refractivity contribution in [1.82, 2.24) is 15.4 Å². The molecule has 0 aliphatic heterocycles. The Balaban J connectivity index is 1.97. The normalized spacial score (nSPS) is 10.6. The van der Waals surface area contributed by atoms with Gasteiger partial charge in [0.15, 0.2) is 5.69 Å². The average Bonchev–Trinajstić information content (AvgIpc) is 3.00. The SMILES string of the molecule is Cc1cc(-c2ccc(-c3n[nH]nc3C(N)=O)cc2)ccc1F. The first kappa shape index (κ1) is 13.9. The molecule has 1 heterocycles. The fourth-order valence-corrected chi connectivity index (χ4v) is 2.25. The lowest BCUT2D eigenvalue weighted by Gasteiger charge is -2.05. The van der Waals surface area contributed by atoms with Crippen molar-refractivity contribution in [3.63, 3.8) is 0 Å². The van der Waals surface area contributed by atoms with Crippen molar-refractivity contribution in [1.29, 1.82) is 0 Å². The first-order valence-corrected chi connectivity index (χ1v) is 6.64. The van der Waals surface area contributed by atoms with Gasteiger partial charge in [0, 0.05) is 5.56 Å². The van der Waals surface area contributed by atoms with Crippen LogP contribution in [0.15, 0.2) is 42.5 Å². The molecule has 0 unspecified atom stereocenters. The third-order valence-electron chi connectivity index (χ3n) is 3.43. The van der Waals surface area contributed by atoms with E-state index in [1.54, 1.807) is 19.1 Å². The monoisotopic (exact) mass is 296 g/mol. The van der Waals surface area contributed by atoms with Gasteiger partial charge in [0.2, 0.25) is 0 Å². The molecule has 3 rings (SSSR count). The van der Waals surface area contributed by atoms with Crippen molar-refractivity contribution in [2.24, 2.45) is 5.73 Å². The number of nitrogens with two attached hydrogens (primary N) is 1. The summed E-state index contributed by atoms with van der Waals surface area (Å²) >= 11 is 0. The zero-order chi connectivity index (χ0) is 15.7. The van der Waals surface area contributed by atoms with Gasteiger partial charge < -0.3 is 5.73 Å². The summed E-state index contributed by atoms with van der Waals surface area (Å²) in [5, 5.41) is 10.1. The molecule has 3 aromatic rings. The van der Waals surface area contributed by atoms with Crippen LogP contribution in [0.25, 0.3) is 22.4 Å². The third-order valence-corrected chi connectivity index (χ3v) is 3.43. The number of halogens is 1. The summed E-state index contributed by atoms with van der Waals surface area (Å²) in [6.07, 6.45) is 0. The van der Waals surface area contributed by atoms with Gasteiger partial charge in [0.05, 0.1) is 0 Å². The van der Waals surface area contributed by atoms with Gasteiger partial charge in [0.25, 0.3) is 5.91 Å². The van der Waals surface area contributed by atoms with E-state index in [4.69, 9.17) is 5.73 Å². The molecule has 0 bridgehead atoms. The molecule has 5 nitrogen and oxygen atoms in total. The number of nitrogens with zero attached hydrogens (tertiary/aromatic N) is 2. The Morgan fingerprint density at radius 1 is 1.05 bits per heavy atom. The Bertz CT molecular complexity index is 840. The fraction of sp³-hybridized carbons (Fsp3) is 0.0625. The van der Waals surface area contributed by atoms with Crippen molar-refractivity contribution < 1.29 is 9.18 Å². The topological polar surface area (TPSA) is 84.7 Å². The highest BCUT2D eigenvalue weighted by Gasteiger charge is 2.15. The summed E-state index contributed by atoms with van der Waals surface area (Å²) in [7, 11) is 0. The molecule has 1 amide bonds. The van der Waals surface area contributed by atoms with E-state index in [-0.39, 0.29) is 11.5 Å². The number of hydrogen-bond acceptors (Lipinski definition) is 3. The molecule has 0 fully saturated rings. The highest BCUT2D eigenvalue weighted by atomic mass is 19.1. The van der Waals surface area contributed by atoms with Crippen LogP contribution in [0, 0.1) is 12.7 Å². The van der Waals surface area contributed by atoms with E-state index in [9.17, 15) is 9.18 Å². The maximum Gasteiger partial charge on any atom is 0.271 e. The smallest absolute Gasteiger partial charge is 0.271 e. The molecule has 1 aromatic heterocycles. The minimum absolute atomic E-state index is 0.102. The van der Waals surface area contributed by atoms with E-state index in [0.29, 0.717) is 11.3 Å². The van der Waals surface area contributed by atoms with Crippen LogP contribution >= 0.6 is 0 Å². The Morgan fingerprint density at radius 3 is 2.32 bits per heavy atom. The van der Waals surface area contributed by atoms with Gasteiger partial charge in [-0.3, -0.25) is 4.79 Å². The number of benzene rings is 2. The molecule has 22 heavy (non-hydrogen) atoms. The van der Waals surface area contributed by atoms with Gasteiger partial charge in [-0.1, -0.05) is 30.3 Å². The van der Waals surface area contributed by atoms with Gasteiger partial charge in [-0.05, 0) is 35.7 Å². The molecule has 0 saturated heterocycles. The molecular weight excluding hydrogens is 283 g/mol. The highest BCUT2D eigenvalue weighted by Crippen LogP contribution is 2.26. The van der Waals surface area contributed by atoms with Crippen LogP contribution in [0.3, 0.4) is 0 Å². The number of aromatic nitrogens is 3. The fourth-order valence-electron chi connectivity index (χ4n) is 2.25. The predicted octanol–water partition coefficient (Wildman–Crippen LogP) is 2.69. The number of primary amides is 1. The molecule has 0 atom stereocenters. The van der Waals surface area contributed by atoms with Gasteiger partial charge >= 0.3 is 0 Å². The number of carbonyl (C=O) groups excluding carboxylic acids is 1. The molecule has 3 N–H and O–H groups in total. The molecule has 6 heteroatoms. The standard InChI is InChI=1S/C16H13FN4O/c1-9-8-12(6-7-13(9)17)10-2-4-11(5-3-10)14-15(16(18)22)20-21-19-14/h2-8H,1H3,(H2,18,22)(H,19,20,21). The quantitative estimate of drug-likeness (QED) is 0.779.